The molecule has 0 saturated carbocycles. The molecule has 1 aliphatic heterocycles. The van der Waals surface area contributed by atoms with Gasteiger partial charge in [0.15, 0.2) is 5.69 Å². The summed E-state index contributed by atoms with van der Waals surface area (Å²) in [4.78, 5) is 14.4. The van der Waals surface area contributed by atoms with E-state index in [1.165, 1.54) is 0 Å². The van der Waals surface area contributed by atoms with Crippen molar-refractivity contribution in [1.82, 2.24) is 25.2 Å². The van der Waals surface area contributed by atoms with Crippen LogP contribution in [-0.2, 0) is 0 Å². The summed E-state index contributed by atoms with van der Waals surface area (Å²) in [7, 11) is 0. The Kier molecular flexibility index (Phi) is 4.75. The largest absolute Gasteiger partial charge is 0.337 e. The third kappa shape index (κ3) is 3.56. The molecule has 20 heavy (non-hydrogen) atoms. The van der Waals surface area contributed by atoms with Crippen molar-refractivity contribution in [2.75, 3.05) is 26.2 Å². The molecule has 0 bridgehead atoms. The lowest BCUT2D eigenvalue weighted by Crippen LogP contribution is -2.43. The Labute approximate surface area is 120 Å². The van der Waals surface area contributed by atoms with E-state index in [1.807, 2.05) is 4.90 Å². The van der Waals surface area contributed by atoms with Crippen molar-refractivity contribution < 1.29 is 4.79 Å². The van der Waals surface area contributed by atoms with E-state index in [9.17, 15) is 4.79 Å². The predicted octanol–water partition coefficient (Wildman–Crippen LogP) is 1.18. The van der Waals surface area contributed by atoms with E-state index >= 15 is 0 Å². The third-order valence-electron chi connectivity index (χ3n) is 3.32. The number of hydrogen-bond acceptors (Lipinski definition) is 4. The molecule has 1 amide bonds. The number of nitrogens with one attached hydrogen (secondary N) is 1. The van der Waals surface area contributed by atoms with Gasteiger partial charge in [-0.2, -0.15) is 0 Å². The first-order valence-electron chi connectivity index (χ1n) is 7.39. The molecule has 0 spiro atoms. The van der Waals surface area contributed by atoms with E-state index in [0.717, 1.165) is 26.2 Å². The fourth-order valence-electron chi connectivity index (χ4n) is 2.30. The minimum absolute atomic E-state index is 0.00840. The van der Waals surface area contributed by atoms with E-state index in [-0.39, 0.29) is 5.91 Å². The highest BCUT2D eigenvalue weighted by Gasteiger charge is 2.24. The van der Waals surface area contributed by atoms with Crippen molar-refractivity contribution in [2.45, 2.75) is 33.7 Å². The number of carbonyl (C=O) groups is 1. The van der Waals surface area contributed by atoms with Crippen LogP contribution in [0, 0.1) is 11.8 Å². The zero-order valence-electron chi connectivity index (χ0n) is 12.8. The second kappa shape index (κ2) is 6.35. The summed E-state index contributed by atoms with van der Waals surface area (Å²) < 4.78 is 1.80. The molecule has 6 nitrogen and oxygen atoms in total. The summed E-state index contributed by atoms with van der Waals surface area (Å²) in [6.45, 7) is 11.8. The average molecular weight is 279 g/mol. The van der Waals surface area contributed by atoms with Crippen LogP contribution in [-0.4, -0.2) is 52.0 Å². The number of rotatable bonds is 6. The molecule has 0 radical (unpaired) electrons. The van der Waals surface area contributed by atoms with Gasteiger partial charge in [-0.15, -0.1) is 5.10 Å². The summed E-state index contributed by atoms with van der Waals surface area (Å²) >= 11 is 0. The van der Waals surface area contributed by atoms with Crippen LogP contribution < -0.4 is 5.32 Å². The molecule has 1 saturated heterocycles. The molecule has 0 aliphatic carbocycles. The standard InChI is InChI=1S/C14H25N5O/c1-10(2)7-18(8-11(3)4)14(20)13-9-19(17-16-13)12-5-15-6-12/h9-12,15H,5-8H2,1-4H3. The van der Waals surface area contributed by atoms with Crippen molar-refractivity contribution in [3.63, 3.8) is 0 Å². The molecule has 1 aromatic rings. The van der Waals surface area contributed by atoms with Gasteiger partial charge in [0.25, 0.3) is 5.91 Å². The van der Waals surface area contributed by atoms with Crippen LogP contribution in [0.5, 0.6) is 0 Å². The Morgan fingerprint density at radius 1 is 1.35 bits per heavy atom. The van der Waals surface area contributed by atoms with E-state index in [2.05, 4.69) is 43.3 Å². The van der Waals surface area contributed by atoms with Gasteiger partial charge in [-0.25, -0.2) is 4.68 Å². The summed E-state index contributed by atoms with van der Waals surface area (Å²) in [6.07, 6.45) is 1.78. The van der Waals surface area contributed by atoms with Gasteiger partial charge in [-0.1, -0.05) is 32.9 Å². The molecule has 1 aromatic heterocycles. The highest BCUT2D eigenvalue weighted by molar-refractivity contribution is 5.91. The predicted molar refractivity (Wildman–Crippen MR) is 77.5 cm³/mol. The SMILES string of the molecule is CC(C)CN(CC(C)C)C(=O)c1cn(C2CNC2)nn1. The van der Waals surface area contributed by atoms with Gasteiger partial charge in [0.05, 0.1) is 12.2 Å². The maximum absolute atomic E-state index is 12.6. The molecule has 0 atom stereocenters. The van der Waals surface area contributed by atoms with Gasteiger partial charge in [0, 0.05) is 26.2 Å². The molecule has 1 aliphatic rings. The molecule has 0 aromatic carbocycles. The van der Waals surface area contributed by atoms with Crippen LogP contribution in [0.15, 0.2) is 6.20 Å². The number of nitrogens with zero attached hydrogens (tertiary/aromatic N) is 4. The molecule has 2 heterocycles. The molecular formula is C14H25N5O. The van der Waals surface area contributed by atoms with Crippen LogP contribution >= 0.6 is 0 Å². The van der Waals surface area contributed by atoms with Gasteiger partial charge in [0.2, 0.25) is 0 Å². The van der Waals surface area contributed by atoms with Crippen LogP contribution in [0.2, 0.25) is 0 Å². The fraction of sp³-hybridized carbons (Fsp3) is 0.786. The third-order valence-corrected chi connectivity index (χ3v) is 3.32. The van der Waals surface area contributed by atoms with Crippen LogP contribution in [0.4, 0.5) is 0 Å². The Hall–Kier alpha value is -1.43. The van der Waals surface area contributed by atoms with Crippen LogP contribution in [0.25, 0.3) is 0 Å². The van der Waals surface area contributed by atoms with E-state index < -0.39 is 0 Å². The summed E-state index contributed by atoms with van der Waals surface area (Å²) in [6, 6.07) is 0.340. The molecule has 6 heteroatoms. The normalized spacial score (nSPS) is 15.7. The minimum atomic E-state index is -0.00840. The fourth-order valence-corrected chi connectivity index (χ4v) is 2.30. The molecule has 1 fully saturated rings. The smallest absolute Gasteiger partial charge is 0.276 e. The highest BCUT2D eigenvalue weighted by atomic mass is 16.2. The van der Waals surface area contributed by atoms with Crippen molar-refractivity contribution in [2.24, 2.45) is 11.8 Å². The summed E-state index contributed by atoms with van der Waals surface area (Å²) in [5.41, 5.74) is 0.457. The van der Waals surface area contributed by atoms with Crippen molar-refractivity contribution in [1.29, 1.82) is 0 Å². The van der Waals surface area contributed by atoms with Gasteiger partial charge in [-0.3, -0.25) is 4.79 Å². The van der Waals surface area contributed by atoms with Crippen LogP contribution in [0.3, 0.4) is 0 Å². The number of aromatic nitrogens is 3. The van der Waals surface area contributed by atoms with Gasteiger partial charge in [-0.05, 0) is 11.8 Å². The second-order valence-corrected chi connectivity index (χ2v) is 6.39. The average Bonchev–Trinajstić information content (AvgIpc) is 2.72. The summed E-state index contributed by atoms with van der Waals surface area (Å²) in [5, 5.41) is 11.3. The molecule has 112 valence electrons. The van der Waals surface area contributed by atoms with E-state index in [1.54, 1.807) is 10.9 Å². The molecular weight excluding hydrogens is 254 g/mol. The molecule has 1 N–H and O–H groups in total. The van der Waals surface area contributed by atoms with Gasteiger partial charge in [0.1, 0.15) is 0 Å². The van der Waals surface area contributed by atoms with Gasteiger partial charge >= 0.3 is 0 Å². The second-order valence-electron chi connectivity index (χ2n) is 6.39. The Bertz CT molecular complexity index is 440. The first-order chi connectivity index (χ1) is 9.47. The first kappa shape index (κ1) is 15.0. The lowest BCUT2D eigenvalue weighted by molar-refractivity contribution is 0.0709. The number of carbonyl (C=O) groups excluding carboxylic acids is 1. The quantitative estimate of drug-likeness (QED) is 0.849. The lowest BCUT2D eigenvalue weighted by Gasteiger charge is -2.26. The number of amides is 1. The molecule has 0 unspecified atom stereocenters. The van der Waals surface area contributed by atoms with E-state index in [0.29, 0.717) is 23.6 Å². The Balaban J connectivity index is 2.07. The van der Waals surface area contributed by atoms with Crippen molar-refractivity contribution >= 4 is 5.91 Å². The topological polar surface area (TPSA) is 63.1 Å². The van der Waals surface area contributed by atoms with Crippen molar-refractivity contribution in [3.8, 4) is 0 Å². The maximum atomic E-state index is 12.6. The Morgan fingerprint density at radius 2 is 1.95 bits per heavy atom. The van der Waals surface area contributed by atoms with Gasteiger partial charge < -0.3 is 10.2 Å². The van der Waals surface area contributed by atoms with Crippen molar-refractivity contribution in [3.05, 3.63) is 11.9 Å². The maximum Gasteiger partial charge on any atom is 0.276 e. The highest BCUT2D eigenvalue weighted by Crippen LogP contribution is 2.12. The lowest BCUT2D eigenvalue weighted by atomic mass is 10.1. The van der Waals surface area contributed by atoms with E-state index in [4.69, 9.17) is 0 Å². The Morgan fingerprint density at radius 3 is 2.40 bits per heavy atom. The zero-order chi connectivity index (χ0) is 14.7. The molecule has 2 rings (SSSR count). The minimum Gasteiger partial charge on any atom is -0.337 e. The monoisotopic (exact) mass is 279 g/mol. The first-order valence-corrected chi connectivity index (χ1v) is 7.39. The van der Waals surface area contributed by atoms with Crippen LogP contribution in [0.1, 0.15) is 44.2 Å². The number of hydrogen-bond donors (Lipinski definition) is 1. The summed E-state index contributed by atoms with van der Waals surface area (Å²) in [5.74, 6) is 0.887. The zero-order valence-corrected chi connectivity index (χ0v) is 12.8.